The number of piperazine rings is 1. The highest BCUT2D eigenvalue weighted by atomic mass is 32.2. The van der Waals surface area contributed by atoms with Crippen LogP contribution in [0.5, 0.6) is 40.2 Å². The van der Waals surface area contributed by atoms with Crippen LogP contribution in [0.1, 0.15) is 68.8 Å². The van der Waals surface area contributed by atoms with Gasteiger partial charge in [0.25, 0.3) is 0 Å². The summed E-state index contributed by atoms with van der Waals surface area (Å²) in [5.74, 6) is 0.890. The number of aromatic hydroxyl groups is 2. The molecule has 7 aliphatic rings. The second-order valence-electron chi connectivity index (χ2n) is 14.5. The molecule has 10 rings (SSSR count). The van der Waals surface area contributed by atoms with Crippen LogP contribution in [0.2, 0.25) is 0 Å². The lowest BCUT2D eigenvalue weighted by atomic mass is 9.74. The molecule has 5 N–H and O–H groups in total. The molecule has 2 fully saturated rings. The number of carbonyl (C=O) groups is 2. The molecule has 4 bridgehead atoms. The Labute approximate surface area is 309 Å². The highest BCUT2D eigenvalue weighted by Gasteiger charge is 2.60. The Morgan fingerprint density at radius 3 is 2.57 bits per heavy atom. The number of aliphatic hydroxyl groups excluding tert-OH is 1. The third-order valence-electron chi connectivity index (χ3n) is 11.8. The lowest BCUT2D eigenvalue weighted by Crippen LogP contribution is -2.69. The van der Waals surface area contributed by atoms with Gasteiger partial charge in [-0.15, -0.1) is 11.8 Å². The first-order valence-corrected chi connectivity index (χ1v) is 18.7. The molecule has 53 heavy (non-hydrogen) atoms. The summed E-state index contributed by atoms with van der Waals surface area (Å²) in [6.07, 6.45) is -0.0673. The van der Waals surface area contributed by atoms with E-state index < -0.39 is 53.1 Å². The number of thioether (sulfide) groups is 1. The summed E-state index contributed by atoms with van der Waals surface area (Å²) in [5, 5.41) is 41.5. The Balaban J connectivity index is 1.31. The van der Waals surface area contributed by atoms with E-state index in [-0.39, 0.29) is 36.4 Å². The number of hydrogen-bond donors (Lipinski definition) is 5. The van der Waals surface area contributed by atoms with E-state index in [2.05, 4.69) is 10.6 Å². The number of benzene rings is 3. The fraction of sp³-hybridized carbons (Fsp3) is 0.474. The fourth-order valence-electron chi connectivity index (χ4n) is 9.60. The molecule has 2 unspecified atom stereocenters. The first kappa shape index (κ1) is 34.4. The molecule has 14 nitrogen and oxygen atoms in total. The minimum atomic E-state index is -1.36. The van der Waals surface area contributed by atoms with Crippen LogP contribution in [0.3, 0.4) is 0 Å². The molecule has 280 valence electrons. The highest BCUT2D eigenvalue weighted by molar-refractivity contribution is 7.99. The van der Waals surface area contributed by atoms with Crippen LogP contribution < -0.4 is 34.3 Å². The normalized spacial score (nSPS) is 29.4. The molecule has 7 atom stereocenters. The molecule has 7 heterocycles. The molecular formula is C38H41N3O11S. The van der Waals surface area contributed by atoms with E-state index in [0.29, 0.717) is 70.2 Å². The minimum Gasteiger partial charge on any atom is -0.504 e. The number of nitrogens with zero attached hydrogens (tertiary/aromatic N) is 1. The topological polar surface area (TPSA) is 178 Å². The standard InChI is InChI=1S/C38H41N3O11S/c1-15-8-19-9-21-36(45)41-22-12-49-37(46)38(20-11-24(47-4)23(43)10-18(20)6-7-39-38)13-53-35(29(41)28(40-21)25(19)30(44)31(15)48-5)27-26(22)34-33(50-14-51-34)16(2)32(27)52-17(3)42/h8,10-11,21-22,28-29,35-36,39-40,43-45H,6-7,9,12-14H2,1-5H3/t21?,22-,28?,29+,35+,36-,38+/m0/s1. The van der Waals surface area contributed by atoms with Gasteiger partial charge >= 0.3 is 11.9 Å². The average Bonchev–Trinajstić information content (AvgIpc) is 3.63. The van der Waals surface area contributed by atoms with Crippen molar-refractivity contribution in [1.82, 2.24) is 15.5 Å². The van der Waals surface area contributed by atoms with Crippen molar-refractivity contribution in [2.24, 2.45) is 0 Å². The molecule has 3 aromatic carbocycles. The Morgan fingerprint density at radius 1 is 1.02 bits per heavy atom. The lowest BCUT2D eigenvalue weighted by Gasteiger charge is -2.59. The Hall–Kier alpha value is -4.41. The van der Waals surface area contributed by atoms with Crippen LogP contribution in [0, 0.1) is 13.8 Å². The Bertz CT molecular complexity index is 2090. The number of fused-ring (bicyclic) bond motifs is 9. The summed E-state index contributed by atoms with van der Waals surface area (Å²) < 4.78 is 35.8. The number of aliphatic hydroxyl groups is 1. The van der Waals surface area contributed by atoms with Crippen molar-refractivity contribution < 1.29 is 53.3 Å². The number of esters is 2. The van der Waals surface area contributed by atoms with Crippen molar-refractivity contribution in [2.75, 3.05) is 39.9 Å². The zero-order chi connectivity index (χ0) is 37.1. The second-order valence-corrected chi connectivity index (χ2v) is 15.6. The zero-order valence-electron chi connectivity index (χ0n) is 29.9. The molecule has 3 aromatic rings. The first-order chi connectivity index (χ1) is 25.5. The van der Waals surface area contributed by atoms with Crippen molar-refractivity contribution in [1.29, 1.82) is 0 Å². The van der Waals surface area contributed by atoms with Gasteiger partial charge in [-0.1, -0.05) is 6.07 Å². The predicted octanol–water partition coefficient (Wildman–Crippen LogP) is 3.07. The van der Waals surface area contributed by atoms with E-state index in [1.807, 2.05) is 24.8 Å². The summed E-state index contributed by atoms with van der Waals surface area (Å²) in [7, 11) is 2.98. The third kappa shape index (κ3) is 4.80. The predicted molar refractivity (Wildman–Crippen MR) is 190 cm³/mol. The Kier molecular flexibility index (Phi) is 7.98. The van der Waals surface area contributed by atoms with Crippen LogP contribution in [-0.4, -0.2) is 90.4 Å². The monoisotopic (exact) mass is 747 g/mol. The molecule has 7 aliphatic heterocycles. The van der Waals surface area contributed by atoms with Gasteiger partial charge in [-0.25, -0.2) is 4.79 Å². The van der Waals surface area contributed by atoms with Gasteiger partial charge in [-0.05, 0) is 61.1 Å². The van der Waals surface area contributed by atoms with E-state index in [0.717, 1.165) is 16.7 Å². The van der Waals surface area contributed by atoms with Crippen LogP contribution in [0.4, 0.5) is 0 Å². The molecule has 0 amide bonds. The molecule has 0 saturated carbocycles. The number of aryl methyl sites for hydroxylation is 1. The fourth-order valence-corrected chi connectivity index (χ4v) is 11.3. The maximum absolute atomic E-state index is 14.6. The van der Waals surface area contributed by atoms with Gasteiger partial charge in [-0.2, -0.15) is 0 Å². The largest absolute Gasteiger partial charge is 0.504 e. The summed E-state index contributed by atoms with van der Waals surface area (Å²) in [4.78, 5) is 29.4. The van der Waals surface area contributed by atoms with Gasteiger partial charge in [0.2, 0.25) is 6.79 Å². The number of nitrogens with one attached hydrogen (secondary N) is 2. The summed E-state index contributed by atoms with van der Waals surface area (Å²) >= 11 is 1.45. The van der Waals surface area contributed by atoms with Gasteiger partial charge in [0.05, 0.1) is 37.6 Å². The van der Waals surface area contributed by atoms with Crippen molar-refractivity contribution in [3.8, 4) is 40.2 Å². The maximum atomic E-state index is 14.6. The van der Waals surface area contributed by atoms with E-state index >= 15 is 0 Å². The summed E-state index contributed by atoms with van der Waals surface area (Å²) in [6, 6.07) is 2.99. The van der Waals surface area contributed by atoms with E-state index in [1.165, 1.54) is 32.9 Å². The van der Waals surface area contributed by atoms with Crippen molar-refractivity contribution in [2.45, 2.75) is 74.8 Å². The van der Waals surface area contributed by atoms with Gasteiger partial charge < -0.3 is 49.1 Å². The molecule has 1 spiro atoms. The quantitative estimate of drug-likeness (QED) is 0.195. The lowest BCUT2D eigenvalue weighted by molar-refractivity contribution is -0.164. The molecule has 15 heteroatoms. The summed E-state index contributed by atoms with van der Waals surface area (Å²) in [5.41, 5.74) is 4.27. The van der Waals surface area contributed by atoms with Crippen LogP contribution in [-0.2, 0) is 32.7 Å². The third-order valence-corrected chi connectivity index (χ3v) is 13.2. The average molecular weight is 748 g/mol. The maximum Gasteiger partial charge on any atom is 0.331 e. The number of carbonyl (C=O) groups excluding carboxylic acids is 2. The SMILES string of the molecule is COc1cc2c(cc1O)CCN[C@]21CS[C@@H]2c3c(OC(C)=O)c(C)c4c(c3[C@H](COC1=O)N1[C@@H]2C2NC(Cc3cc(C)c(OC)c(O)c32)[C@@H]1O)OCO4. The molecule has 2 saturated heterocycles. The van der Waals surface area contributed by atoms with Crippen molar-refractivity contribution >= 4 is 23.7 Å². The molecule has 0 radical (unpaired) electrons. The van der Waals surface area contributed by atoms with Gasteiger partial charge in [0.15, 0.2) is 40.0 Å². The van der Waals surface area contributed by atoms with Crippen LogP contribution >= 0.6 is 11.8 Å². The summed E-state index contributed by atoms with van der Waals surface area (Å²) in [6.45, 7) is 5.23. The number of methoxy groups -OCH3 is 2. The van der Waals surface area contributed by atoms with E-state index in [4.69, 9.17) is 28.4 Å². The molecule has 0 aliphatic carbocycles. The van der Waals surface area contributed by atoms with Crippen LogP contribution in [0.25, 0.3) is 0 Å². The number of phenolic OH excluding ortho intramolecular Hbond substituents is 2. The van der Waals surface area contributed by atoms with E-state index in [1.54, 1.807) is 12.1 Å². The number of phenols is 2. The molecule has 0 aromatic heterocycles. The van der Waals surface area contributed by atoms with E-state index in [9.17, 15) is 24.9 Å². The highest BCUT2D eigenvalue weighted by Crippen LogP contribution is 2.63. The zero-order valence-corrected chi connectivity index (χ0v) is 30.7. The number of rotatable bonds is 3. The van der Waals surface area contributed by atoms with Gasteiger partial charge in [0, 0.05) is 47.5 Å². The smallest absolute Gasteiger partial charge is 0.331 e. The molecular weight excluding hydrogens is 706 g/mol. The van der Waals surface area contributed by atoms with Crippen molar-refractivity contribution in [3.05, 3.63) is 62.7 Å². The van der Waals surface area contributed by atoms with Crippen molar-refractivity contribution in [3.63, 3.8) is 0 Å². The minimum absolute atomic E-state index is 0.0210. The van der Waals surface area contributed by atoms with Gasteiger partial charge in [-0.3, -0.25) is 15.0 Å². The van der Waals surface area contributed by atoms with Crippen LogP contribution in [0.15, 0.2) is 18.2 Å². The second kappa shape index (κ2) is 12.3. The number of ether oxygens (including phenoxy) is 6. The first-order valence-electron chi connectivity index (χ1n) is 17.7. The van der Waals surface area contributed by atoms with Gasteiger partial charge in [0.1, 0.15) is 18.6 Å². The Morgan fingerprint density at radius 2 is 1.81 bits per heavy atom. The number of hydrogen-bond acceptors (Lipinski definition) is 15.